The Morgan fingerprint density at radius 3 is 2.21 bits per heavy atom. The van der Waals surface area contributed by atoms with Crippen LogP contribution in [0.25, 0.3) is 0 Å². The third kappa shape index (κ3) is 2.44. The van der Waals surface area contributed by atoms with Gasteiger partial charge in [0.05, 0.1) is 11.8 Å². The van der Waals surface area contributed by atoms with E-state index in [0.717, 1.165) is 16.8 Å². The SMILES string of the molecule is O=c1[nH]c2c(c(=O)[nH]1)NC(c1ccccc1)C(c1ccccc1)=N2. The first-order chi connectivity index (χ1) is 11.7. The molecule has 0 spiro atoms. The van der Waals surface area contributed by atoms with Gasteiger partial charge in [-0.05, 0) is 11.1 Å². The van der Waals surface area contributed by atoms with Gasteiger partial charge in [-0.25, -0.2) is 9.79 Å². The molecular weight excluding hydrogens is 304 g/mol. The fraction of sp³-hybridized carbons (Fsp3) is 0.0556. The summed E-state index contributed by atoms with van der Waals surface area (Å²) in [5.74, 6) is 0.245. The van der Waals surface area contributed by atoms with Gasteiger partial charge in [0.1, 0.15) is 5.69 Å². The van der Waals surface area contributed by atoms with Crippen molar-refractivity contribution in [2.45, 2.75) is 6.04 Å². The zero-order valence-electron chi connectivity index (χ0n) is 12.6. The number of aliphatic imine (C=N–C) groups is 1. The molecule has 1 unspecified atom stereocenters. The van der Waals surface area contributed by atoms with Crippen LogP contribution in [-0.2, 0) is 0 Å². The van der Waals surface area contributed by atoms with Crippen molar-refractivity contribution in [1.29, 1.82) is 0 Å². The molecule has 2 aromatic carbocycles. The van der Waals surface area contributed by atoms with E-state index in [4.69, 9.17) is 0 Å². The molecule has 2 heterocycles. The van der Waals surface area contributed by atoms with Gasteiger partial charge in [-0.15, -0.1) is 0 Å². The van der Waals surface area contributed by atoms with Gasteiger partial charge in [0.15, 0.2) is 5.82 Å². The van der Waals surface area contributed by atoms with Crippen molar-refractivity contribution in [3.05, 3.63) is 92.6 Å². The Balaban J connectivity index is 1.94. The van der Waals surface area contributed by atoms with Crippen molar-refractivity contribution >= 4 is 17.2 Å². The van der Waals surface area contributed by atoms with Gasteiger partial charge in [0, 0.05) is 0 Å². The predicted molar refractivity (Wildman–Crippen MR) is 93.1 cm³/mol. The predicted octanol–water partition coefficient (Wildman–Crippen LogP) is 2.35. The van der Waals surface area contributed by atoms with Crippen molar-refractivity contribution in [1.82, 2.24) is 9.97 Å². The number of aromatic amines is 2. The van der Waals surface area contributed by atoms with Gasteiger partial charge in [0.25, 0.3) is 5.56 Å². The maximum absolute atomic E-state index is 12.1. The van der Waals surface area contributed by atoms with Crippen LogP contribution in [0.5, 0.6) is 0 Å². The molecule has 1 atom stereocenters. The summed E-state index contributed by atoms with van der Waals surface area (Å²) in [7, 11) is 0. The highest BCUT2D eigenvalue weighted by atomic mass is 16.2. The van der Waals surface area contributed by atoms with E-state index in [1.54, 1.807) is 0 Å². The van der Waals surface area contributed by atoms with E-state index in [9.17, 15) is 9.59 Å². The van der Waals surface area contributed by atoms with Crippen molar-refractivity contribution < 1.29 is 0 Å². The van der Waals surface area contributed by atoms with E-state index >= 15 is 0 Å². The van der Waals surface area contributed by atoms with Crippen LogP contribution in [-0.4, -0.2) is 15.7 Å². The van der Waals surface area contributed by atoms with Crippen LogP contribution in [0.15, 0.2) is 75.2 Å². The molecule has 1 aromatic heterocycles. The number of H-pyrrole nitrogens is 2. The minimum Gasteiger partial charge on any atom is -0.365 e. The molecule has 0 fully saturated rings. The van der Waals surface area contributed by atoms with E-state index in [1.807, 2.05) is 60.7 Å². The van der Waals surface area contributed by atoms with E-state index < -0.39 is 11.2 Å². The third-order valence-corrected chi connectivity index (χ3v) is 3.92. The summed E-state index contributed by atoms with van der Waals surface area (Å²) in [6.45, 7) is 0. The Morgan fingerprint density at radius 1 is 0.833 bits per heavy atom. The molecule has 1 aliphatic heterocycles. The molecule has 3 N–H and O–H groups in total. The number of fused-ring (bicyclic) bond motifs is 1. The lowest BCUT2D eigenvalue weighted by Gasteiger charge is -2.26. The summed E-state index contributed by atoms with van der Waals surface area (Å²) in [5, 5.41) is 3.21. The van der Waals surface area contributed by atoms with Gasteiger partial charge < -0.3 is 5.32 Å². The van der Waals surface area contributed by atoms with Gasteiger partial charge in [0.2, 0.25) is 0 Å². The molecule has 0 saturated heterocycles. The van der Waals surface area contributed by atoms with Crippen LogP contribution in [0.3, 0.4) is 0 Å². The molecule has 3 aromatic rings. The van der Waals surface area contributed by atoms with Crippen molar-refractivity contribution in [3.63, 3.8) is 0 Å². The average Bonchev–Trinajstić information content (AvgIpc) is 2.62. The lowest BCUT2D eigenvalue weighted by atomic mass is 9.95. The molecule has 0 bridgehead atoms. The topological polar surface area (TPSA) is 90.1 Å². The maximum Gasteiger partial charge on any atom is 0.327 e. The average molecular weight is 318 g/mol. The molecule has 0 amide bonds. The third-order valence-electron chi connectivity index (χ3n) is 3.92. The number of benzene rings is 2. The number of anilines is 1. The van der Waals surface area contributed by atoms with E-state index in [2.05, 4.69) is 20.3 Å². The summed E-state index contributed by atoms with van der Waals surface area (Å²) in [5.41, 5.74) is 1.86. The fourth-order valence-corrected chi connectivity index (χ4v) is 2.82. The molecule has 24 heavy (non-hydrogen) atoms. The monoisotopic (exact) mass is 318 g/mol. The minimum absolute atomic E-state index is 0.245. The number of hydrogen-bond acceptors (Lipinski definition) is 4. The Kier molecular flexibility index (Phi) is 3.35. The van der Waals surface area contributed by atoms with Crippen molar-refractivity contribution in [2.24, 2.45) is 4.99 Å². The van der Waals surface area contributed by atoms with Crippen LogP contribution in [0, 0.1) is 0 Å². The Labute approximate surface area is 136 Å². The molecule has 6 heteroatoms. The minimum atomic E-state index is -0.574. The van der Waals surface area contributed by atoms with Crippen LogP contribution in [0.4, 0.5) is 11.5 Å². The summed E-state index contributed by atoms with van der Waals surface area (Å²) in [4.78, 5) is 33.0. The molecule has 0 saturated carbocycles. The standard InChI is InChI=1S/C18H14N4O2/c23-17-15-16(21-18(24)22-17)20-14(12-9-5-2-6-10-12)13(19-15)11-7-3-1-4-8-11/h1-10,13,19H,(H2,21,22,23,24). The molecule has 4 rings (SSSR count). The zero-order chi connectivity index (χ0) is 16.5. The van der Waals surface area contributed by atoms with E-state index in [0.29, 0.717) is 0 Å². The summed E-state index contributed by atoms with van der Waals surface area (Å²) >= 11 is 0. The smallest absolute Gasteiger partial charge is 0.327 e. The molecule has 0 radical (unpaired) electrons. The lowest BCUT2D eigenvalue weighted by molar-refractivity contribution is 0.952. The zero-order valence-corrected chi connectivity index (χ0v) is 12.6. The first-order valence-corrected chi connectivity index (χ1v) is 7.54. The van der Waals surface area contributed by atoms with Crippen molar-refractivity contribution in [2.75, 3.05) is 5.32 Å². The van der Waals surface area contributed by atoms with Gasteiger partial charge in [-0.3, -0.25) is 14.8 Å². The second kappa shape index (κ2) is 5.66. The molecule has 118 valence electrons. The quantitative estimate of drug-likeness (QED) is 0.677. The van der Waals surface area contributed by atoms with Crippen molar-refractivity contribution in [3.8, 4) is 0 Å². The molecular formula is C18H14N4O2. The molecule has 6 nitrogen and oxygen atoms in total. The highest BCUT2D eigenvalue weighted by Gasteiger charge is 2.27. The largest absolute Gasteiger partial charge is 0.365 e. The first kappa shape index (κ1) is 14.2. The van der Waals surface area contributed by atoms with Gasteiger partial charge in [-0.1, -0.05) is 60.7 Å². The number of hydrogen-bond donors (Lipinski definition) is 3. The lowest BCUT2D eigenvalue weighted by Crippen LogP contribution is -2.32. The second-order valence-corrected chi connectivity index (χ2v) is 5.48. The summed E-state index contributed by atoms with van der Waals surface area (Å²) < 4.78 is 0. The number of nitrogens with one attached hydrogen (secondary N) is 3. The first-order valence-electron chi connectivity index (χ1n) is 7.54. The number of nitrogens with zero attached hydrogens (tertiary/aromatic N) is 1. The summed E-state index contributed by atoms with van der Waals surface area (Å²) in [6.07, 6.45) is 0. The molecule has 0 aliphatic carbocycles. The van der Waals surface area contributed by atoms with E-state index in [1.165, 1.54) is 0 Å². The fourth-order valence-electron chi connectivity index (χ4n) is 2.82. The number of rotatable bonds is 2. The maximum atomic E-state index is 12.1. The highest BCUT2D eigenvalue weighted by molar-refractivity contribution is 6.09. The highest BCUT2D eigenvalue weighted by Crippen LogP contribution is 2.32. The van der Waals surface area contributed by atoms with Crippen LogP contribution >= 0.6 is 0 Å². The Hall–Kier alpha value is -3.41. The van der Waals surface area contributed by atoms with Crippen LogP contribution in [0.1, 0.15) is 17.2 Å². The van der Waals surface area contributed by atoms with Gasteiger partial charge in [-0.2, -0.15) is 0 Å². The molecule has 1 aliphatic rings. The second-order valence-electron chi connectivity index (χ2n) is 5.48. The normalized spacial score (nSPS) is 16.0. The summed E-state index contributed by atoms with van der Waals surface area (Å²) in [6, 6.07) is 19.2. The Bertz CT molecular complexity index is 1020. The number of aromatic nitrogens is 2. The van der Waals surface area contributed by atoms with E-state index in [-0.39, 0.29) is 17.5 Å². The Morgan fingerprint density at radius 2 is 1.50 bits per heavy atom. The van der Waals surface area contributed by atoms with Gasteiger partial charge >= 0.3 is 5.69 Å². The van der Waals surface area contributed by atoms with Crippen LogP contribution < -0.4 is 16.6 Å². The van der Waals surface area contributed by atoms with Crippen LogP contribution in [0.2, 0.25) is 0 Å².